The Kier molecular flexibility index (Phi) is 6.84. The number of nitrogens with zero attached hydrogens (tertiary/aromatic N) is 1. The molecule has 4 nitrogen and oxygen atoms in total. The fourth-order valence-electron chi connectivity index (χ4n) is 2.53. The van der Waals surface area contributed by atoms with Crippen LogP contribution in [0.15, 0.2) is 24.3 Å². The molecular formula is C14H19ClF2N2O2. The van der Waals surface area contributed by atoms with E-state index in [9.17, 15) is 13.6 Å². The number of hydrogen-bond donors (Lipinski definition) is 1. The van der Waals surface area contributed by atoms with Gasteiger partial charge in [-0.05, 0) is 18.9 Å². The lowest BCUT2D eigenvalue weighted by molar-refractivity contribution is -0.131. The topological polar surface area (TPSA) is 55.6 Å². The Morgan fingerprint density at radius 3 is 2.81 bits per heavy atom. The van der Waals surface area contributed by atoms with Crippen LogP contribution in [0.4, 0.5) is 8.78 Å². The van der Waals surface area contributed by atoms with Gasteiger partial charge in [0.05, 0.1) is 6.42 Å². The number of nitrogens with two attached hydrogens (primary N) is 1. The number of ether oxygens (including phenoxy) is 1. The van der Waals surface area contributed by atoms with E-state index in [-0.39, 0.29) is 36.5 Å². The van der Waals surface area contributed by atoms with Crippen molar-refractivity contribution in [3.63, 3.8) is 0 Å². The molecule has 118 valence electrons. The van der Waals surface area contributed by atoms with Crippen LogP contribution in [0.3, 0.4) is 0 Å². The number of para-hydroxylation sites is 1. The Morgan fingerprint density at radius 2 is 2.14 bits per heavy atom. The van der Waals surface area contributed by atoms with Gasteiger partial charge in [-0.2, -0.15) is 8.78 Å². The fraction of sp³-hybridized carbons (Fsp3) is 0.500. The van der Waals surface area contributed by atoms with Crippen molar-refractivity contribution in [2.24, 2.45) is 5.73 Å². The molecule has 2 rings (SSSR count). The highest BCUT2D eigenvalue weighted by Gasteiger charge is 2.27. The average Bonchev–Trinajstić information content (AvgIpc) is 2.88. The van der Waals surface area contributed by atoms with Crippen LogP contribution in [0.25, 0.3) is 0 Å². The summed E-state index contributed by atoms with van der Waals surface area (Å²) in [4.78, 5) is 14.0. The predicted octanol–water partition coefficient (Wildman–Crippen LogP) is 2.20. The summed E-state index contributed by atoms with van der Waals surface area (Å²) in [6.07, 6.45) is 1.89. The first-order chi connectivity index (χ1) is 9.61. The molecule has 1 aliphatic rings. The van der Waals surface area contributed by atoms with Gasteiger partial charge in [-0.25, -0.2) is 0 Å². The lowest BCUT2D eigenvalue weighted by Crippen LogP contribution is -2.40. The highest BCUT2D eigenvalue weighted by atomic mass is 35.5. The number of benzene rings is 1. The number of carbonyl (C=O) groups is 1. The average molecular weight is 321 g/mol. The Hall–Kier alpha value is -1.40. The number of likely N-dealkylation sites (tertiary alicyclic amines) is 1. The molecular weight excluding hydrogens is 302 g/mol. The van der Waals surface area contributed by atoms with Gasteiger partial charge in [0, 0.05) is 24.7 Å². The molecule has 1 saturated heterocycles. The van der Waals surface area contributed by atoms with E-state index < -0.39 is 6.61 Å². The first-order valence-corrected chi connectivity index (χ1v) is 6.64. The lowest BCUT2D eigenvalue weighted by Gasteiger charge is -2.24. The third kappa shape index (κ3) is 4.54. The minimum Gasteiger partial charge on any atom is -0.435 e. The molecule has 0 aromatic heterocycles. The molecule has 7 heteroatoms. The van der Waals surface area contributed by atoms with E-state index in [1.807, 2.05) is 0 Å². The third-order valence-electron chi connectivity index (χ3n) is 3.50. The van der Waals surface area contributed by atoms with E-state index in [2.05, 4.69) is 4.74 Å². The van der Waals surface area contributed by atoms with Crippen molar-refractivity contribution < 1.29 is 18.3 Å². The van der Waals surface area contributed by atoms with Crippen molar-refractivity contribution in [1.29, 1.82) is 0 Å². The molecule has 0 bridgehead atoms. The molecule has 1 fully saturated rings. The smallest absolute Gasteiger partial charge is 0.387 e. The summed E-state index contributed by atoms with van der Waals surface area (Å²) in [7, 11) is 0. The van der Waals surface area contributed by atoms with Gasteiger partial charge in [0.25, 0.3) is 0 Å². The maximum Gasteiger partial charge on any atom is 0.387 e. The van der Waals surface area contributed by atoms with Crippen molar-refractivity contribution in [2.75, 3.05) is 13.1 Å². The van der Waals surface area contributed by atoms with E-state index in [4.69, 9.17) is 5.73 Å². The van der Waals surface area contributed by atoms with Gasteiger partial charge in [0.1, 0.15) is 5.75 Å². The van der Waals surface area contributed by atoms with Gasteiger partial charge in [-0.1, -0.05) is 18.2 Å². The molecule has 0 radical (unpaired) electrons. The molecule has 1 atom stereocenters. The number of halogens is 3. The van der Waals surface area contributed by atoms with E-state index in [0.29, 0.717) is 18.7 Å². The third-order valence-corrected chi connectivity index (χ3v) is 3.50. The summed E-state index contributed by atoms with van der Waals surface area (Å²) in [5.41, 5.74) is 6.11. The molecule has 0 saturated carbocycles. The normalized spacial score (nSPS) is 17.7. The van der Waals surface area contributed by atoms with Crippen molar-refractivity contribution in [2.45, 2.75) is 31.9 Å². The summed E-state index contributed by atoms with van der Waals surface area (Å²) in [5.74, 6) is -0.0392. The largest absolute Gasteiger partial charge is 0.435 e. The maximum atomic E-state index is 12.3. The van der Waals surface area contributed by atoms with Gasteiger partial charge >= 0.3 is 6.61 Å². The molecule has 21 heavy (non-hydrogen) atoms. The van der Waals surface area contributed by atoms with Crippen LogP contribution in [-0.4, -0.2) is 36.5 Å². The molecule has 1 aromatic rings. The monoisotopic (exact) mass is 320 g/mol. The summed E-state index contributed by atoms with van der Waals surface area (Å²) in [6, 6.07) is 6.43. The van der Waals surface area contributed by atoms with Crippen molar-refractivity contribution in [3.05, 3.63) is 29.8 Å². The number of carbonyl (C=O) groups excluding carboxylic acids is 1. The van der Waals surface area contributed by atoms with Gasteiger partial charge in [-0.15, -0.1) is 12.4 Å². The zero-order chi connectivity index (χ0) is 14.5. The lowest BCUT2D eigenvalue weighted by atomic mass is 10.1. The molecule has 1 aliphatic heterocycles. The molecule has 1 aromatic carbocycles. The van der Waals surface area contributed by atoms with Crippen molar-refractivity contribution >= 4 is 18.3 Å². The number of alkyl halides is 2. The summed E-state index contributed by atoms with van der Waals surface area (Å²) < 4.78 is 29.1. The van der Waals surface area contributed by atoms with Crippen LogP contribution < -0.4 is 10.5 Å². The van der Waals surface area contributed by atoms with E-state index in [1.165, 1.54) is 6.07 Å². The maximum absolute atomic E-state index is 12.3. The van der Waals surface area contributed by atoms with Gasteiger partial charge in [0.15, 0.2) is 0 Å². The molecule has 1 unspecified atom stereocenters. The van der Waals surface area contributed by atoms with Crippen LogP contribution in [0.1, 0.15) is 18.4 Å². The van der Waals surface area contributed by atoms with E-state index in [0.717, 1.165) is 12.8 Å². The second kappa shape index (κ2) is 8.14. The van der Waals surface area contributed by atoms with Crippen LogP contribution in [0, 0.1) is 0 Å². The molecule has 2 N–H and O–H groups in total. The minimum atomic E-state index is -2.89. The van der Waals surface area contributed by atoms with Crippen LogP contribution in [0.2, 0.25) is 0 Å². The Labute approximate surface area is 128 Å². The second-order valence-corrected chi connectivity index (χ2v) is 4.78. The first kappa shape index (κ1) is 17.7. The highest BCUT2D eigenvalue weighted by molar-refractivity contribution is 5.85. The number of amides is 1. The Balaban J connectivity index is 0.00000220. The first-order valence-electron chi connectivity index (χ1n) is 6.64. The van der Waals surface area contributed by atoms with Gasteiger partial charge < -0.3 is 15.4 Å². The predicted molar refractivity (Wildman–Crippen MR) is 77.8 cm³/mol. The van der Waals surface area contributed by atoms with Crippen LogP contribution in [0.5, 0.6) is 5.75 Å². The fourth-order valence-corrected chi connectivity index (χ4v) is 2.53. The van der Waals surface area contributed by atoms with Crippen LogP contribution >= 0.6 is 12.4 Å². The Morgan fingerprint density at radius 1 is 1.43 bits per heavy atom. The van der Waals surface area contributed by atoms with Crippen molar-refractivity contribution in [3.8, 4) is 5.75 Å². The van der Waals surface area contributed by atoms with Crippen molar-refractivity contribution in [1.82, 2.24) is 4.90 Å². The van der Waals surface area contributed by atoms with Gasteiger partial charge in [-0.3, -0.25) is 4.79 Å². The SMILES string of the molecule is Cl.NCC1CCCN1C(=O)Cc1ccccc1OC(F)F. The summed E-state index contributed by atoms with van der Waals surface area (Å²) in [6.45, 7) is -1.78. The highest BCUT2D eigenvalue weighted by Crippen LogP contribution is 2.23. The standard InChI is InChI=1S/C14H18F2N2O2.ClH/c15-14(16)20-12-6-2-1-4-10(12)8-13(19)18-7-3-5-11(18)9-17;/h1-2,4,6,11,14H,3,5,7-9,17H2;1H. The molecule has 1 amide bonds. The second-order valence-electron chi connectivity index (χ2n) is 4.78. The number of hydrogen-bond acceptors (Lipinski definition) is 3. The Bertz CT molecular complexity index is 474. The van der Waals surface area contributed by atoms with E-state index in [1.54, 1.807) is 23.1 Å². The molecule has 0 spiro atoms. The summed E-state index contributed by atoms with van der Waals surface area (Å²) in [5, 5.41) is 0. The number of rotatable bonds is 5. The minimum absolute atomic E-state index is 0. The zero-order valence-corrected chi connectivity index (χ0v) is 12.3. The molecule has 1 heterocycles. The molecule has 0 aliphatic carbocycles. The van der Waals surface area contributed by atoms with Crippen LogP contribution in [-0.2, 0) is 11.2 Å². The van der Waals surface area contributed by atoms with Gasteiger partial charge in [0.2, 0.25) is 5.91 Å². The van der Waals surface area contributed by atoms with E-state index >= 15 is 0 Å². The zero-order valence-electron chi connectivity index (χ0n) is 11.5. The quantitative estimate of drug-likeness (QED) is 0.905. The summed E-state index contributed by atoms with van der Waals surface area (Å²) >= 11 is 0.